The molecule has 0 aromatic rings. The van der Waals surface area contributed by atoms with E-state index in [0.717, 1.165) is 84.3 Å². The first kappa shape index (κ1) is 26.1. The average molecular weight is 539 g/mol. The summed E-state index contributed by atoms with van der Waals surface area (Å²) in [5.74, 6) is 1.49. The molecule has 1 saturated carbocycles. The second-order valence-corrected chi connectivity index (χ2v) is 8.61. The van der Waals surface area contributed by atoms with Gasteiger partial charge in [0.25, 0.3) is 0 Å². The van der Waals surface area contributed by atoms with Gasteiger partial charge in [-0.15, -0.1) is 24.0 Å². The van der Waals surface area contributed by atoms with E-state index in [1.165, 1.54) is 0 Å². The fourth-order valence-electron chi connectivity index (χ4n) is 5.50. The van der Waals surface area contributed by atoms with Crippen LogP contribution in [-0.2, 0) is 14.2 Å². The molecule has 0 aromatic carbocycles. The first-order valence-corrected chi connectivity index (χ1v) is 11.7. The van der Waals surface area contributed by atoms with Gasteiger partial charge >= 0.3 is 0 Å². The number of nitrogens with zero attached hydrogens (tertiary/aromatic N) is 2. The van der Waals surface area contributed by atoms with Gasteiger partial charge in [-0.2, -0.15) is 0 Å². The standard InChI is InChI=1S/C22H42N4O3.HI/c1-5-22(6-2)19(14-20(22)29-7-3)25-21(23-4)24-15-18(17-8-11-28-16-17)26-9-12-27-13-10-26;/h17-20H,5-16H2,1-4H3,(H2,23,24,25);1H. The molecule has 3 aliphatic rings. The van der Waals surface area contributed by atoms with Crippen molar-refractivity contribution in [2.24, 2.45) is 16.3 Å². The third kappa shape index (κ3) is 5.79. The molecule has 4 atom stereocenters. The van der Waals surface area contributed by atoms with Crippen LogP contribution in [0.2, 0.25) is 0 Å². The molecule has 7 nitrogen and oxygen atoms in total. The van der Waals surface area contributed by atoms with Crippen LogP contribution >= 0.6 is 24.0 Å². The molecule has 3 rings (SSSR count). The van der Waals surface area contributed by atoms with E-state index in [1.54, 1.807) is 0 Å². The highest BCUT2D eigenvalue weighted by atomic mass is 127. The zero-order valence-electron chi connectivity index (χ0n) is 19.3. The monoisotopic (exact) mass is 538 g/mol. The fraction of sp³-hybridized carbons (Fsp3) is 0.955. The fourth-order valence-corrected chi connectivity index (χ4v) is 5.50. The number of nitrogens with one attached hydrogen (secondary N) is 2. The van der Waals surface area contributed by atoms with Gasteiger partial charge in [-0.05, 0) is 32.6 Å². The van der Waals surface area contributed by atoms with Crippen molar-refractivity contribution in [1.29, 1.82) is 0 Å². The summed E-state index contributed by atoms with van der Waals surface area (Å²) in [5.41, 5.74) is 0.205. The molecule has 2 N–H and O–H groups in total. The van der Waals surface area contributed by atoms with Crippen molar-refractivity contribution in [2.75, 3.05) is 59.7 Å². The largest absolute Gasteiger partial charge is 0.381 e. The third-order valence-corrected chi connectivity index (χ3v) is 7.51. The van der Waals surface area contributed by atoms with E-state index in [4.69, 9.17) is 14.2 Å². The van der Waals surface area contributed by atoms with Gasteiger partial charge in [0.15, 0.2) is 5.96 Å². The van der Waals surface area contributed by atoms with E-state index in [0.29, 0.717) is 24.1 Å². The van der Waals surface area contributed by atoms with Gasteiger partial charge in [-0.25, -0.2) is 0 Å². The maximum Gasteiger partial charge on any atom is 0.191 e. The summed E-state index contributed by atoms with van der Waals surface area (Å²) in [7, 11) is 1.87. The predicted molar refractivity (Wildman–Crippen MR) is 132 cm³/mol. The van der Waals surface area contributed by atoms with Gasteiger partial charge < -0.3 is 24.8 Å². The summed E-state index contributed by atoms with van der Waals surface area (Å²) < 4.78 is 17.3. The summed E-state index contributed by atoms with van der Waals surface area (Å²) in [6.07, 6.45) is 4.80. The van der Waals surface area contributed by atoms with Crippen LogP contribution in [0.15, 0.2) is 4.99 Å². The molecule has 2 aliphatic heterocycles. The third-order valence-electron chi connectivity index (χ3n) is 7.51. The smallest absolute Gasteiger partial charge is 0.191 e. The van der Waals surface area contributed by atoms with Crippen molar-refractivity contribution in [3.63, 3.8) is 0 Å². The van der Waals surface area contributed by atoms with E-state index < -0.39 is 0 Å². The number of guanidine groups is 1. The molecule has 0 radical (unpaired) electrons. The van der Waals surface area contributed by atoms with E-state index in [1.807, 2.05) is 7.05 Å². The SMILES string of the molecule is CCOC1CC(NC(=NC)NCC(C2CCOC2)N2CCOCC2)C1(CC)CC.I. The van der Waals surface area contributed by atoms with Crippen molar-refractivity contribution < 1.29 is 14.2 Å². The maximum absolute atomic E-state index is 6.03. The molecule has 2 saturated heterocycles. The first-order chi connectivity index (χ1) is 14.2. The van der Waals surface area contributed by atoms with E-state index in [2.05, 4.69) is 41.3 Å². The van der Waals surface area contributed by atoms with E-state index in [-0.39, 0.29) is 29.4 Å². The summed E-state index contributed by atoms with van der Waals surface area (Å²) in [6, 6.07) is 0.872. The van der Waals surface area contributed by atoms with Gasteiger partial charge in [0.2, 0.25) is 0 Å². The molecular weight excluding hydrogens is 495 g/mol. The van der Waals surface area contributed by atoms with E-state index >= 15 is 0 Å². The first-order valence-electron chi connectivity index (χ1n) is 11.7. The molecule has 2 heterocycles. The molecule has 4 unspecified atom stereocenters. The Hall–Kier alpha value is -0.160. The molecule has 0 spiro atoms. The zero-order chi connectivity index (χ0) is 20.7. The van der Waals surface area contributed by atoms with Crippen molar-refractivity contribution in [1.82, 2.24) is 15.5 Å². The average Bonchev–Trinajstić information content (AvgIpc) is 3.28. The zero-order valence-corrected chi connectivity index (χ0v) is 21.7. The Morgan fingerprint density at radius 1 is 1.17 bits per heavy atom. The van der Waals surface area contributed by atoms with Crippen molar-refractivity contribution in [2.45, 2.75) is 64.6 Å². The molecule has 1 aliphatic carbocycles. The topological polar surface area (TPSA) is 67.3 Å². The number of hydrogen-bond donors (Lipinski definition) is 2. The minimum Gasteiger partial charge on any atom is -0.381 e. The minimum atomic E-state index is 0. The summed E-state index contributed by atoms with van der Waals surface area (Å²) in [6.45, 7) is 13.7. The predicted octanol–water partition coefficient (Wildman–Crippen LogP) is 2.49. The Balaban J connectivity index is 0.00000320. The maximum atomic E-state index is 6.03. The van der Waals surface area contributed by atoms with Gasteiger partial charge in [0.1, 0.15) is 0 Å². The van der Waals surface area contributed by atoms with Gasteiger partial charge in [0.05, 0.1) is 25.9 Å². The van der Waals surface area contributed by atoms with Gasteiger partial charge in [-0.3, -0.25) is 9.89 Å². The second kappa shape index (κ2) is 12.8. The molecule has 176 valence electrons. The van der Waals surface area contributed by atoms with Crippen LogP contribution in [0.5, 0.6) is 0 Å². The number of rotatable bonds is 9. The van der Waals surface area contributed by atoms with E-state index in [9.17, 15) is 0 Å². The van der Waals surface area contributed by atoms with Crippen LogP contribution < -0.4 is 10.6 Å². The molecule has 8 heteroatoms. The molecule has 3 fully saturated rings. The van der Waals surface area contributed by atoms with Crippen molar-refractivity contribution in [3.8, 4) is 0 Å². The lowest BCUT2D eigenvalue weighted by Gasteiger charge is -2.55. The molecule has 30 heavy (non-hydrogen) atoms. The van der Waals surface area contributed by atoms with Crippen LogP contribution in [0.1, 0.15) is 46.5 Å². The van der Waals surface area contributed by atoms with Gasteiger partial charge in [0, 0.05) is 63.3 Å². The quantitative estimate of drug-likeness (QED) is 0.267. The Morgan fingerprint density at radius 2 is 1.90 bits per heavy atom. The highest BCUT2D eigenvalue weighted by Gasteiger charge is 2.53. The van der Waals surface area contributed by atoms with Crippen molar-refractivity contribution in [3.05, 3.63) is 0 Å². The van der Waals surface area contributed by atoms with Crippen LogP contribution in [0, 0.1) is 11.3 Å². The summed E-state index contributed by atoms with van der Waals surface area (Å²) in [5, 5.41) is 7.35. The minimum absolute atomic E-state index is 0. The van der Waals surface area contributed by atoms with Gasteiger partial charge in [-0.1, -0.05) is 13.8 Å². The normalized spacial score (nSPS) is 30.3. The number of ether oxygens (including phenoxy) is 3. The molecular formula is C22H43IN4O3. The Kier molecular flexibility index (Phi) is 11.1. The summed E-state index contributed by atoms with van der Waals surface area (Å²) >= 11 is 0. The Bertz CT molecular complexity index is 521. The molecule has 0 bridgehead atoms. The summed E-state index contributed by atoms with van der Waals surface area (Å²) in [4.78, 5) is 7.11. The highest BCUT2D eigenvalue weighted by molar-refractivity contribution is 14.0. The second-order valence-electron chi connectivity index (χ2n) is 8.61. The lowest BCUT2D eigenvalue weighted by molar-refractivity contribution is -0.133. The number of aliphatic imine (C=N–C) groups is 1. The van der Waals surface area contributed by atoms with Crippen LogP contribution in [0.3, 0.4) is 0 Å². The van der Waals surface area contributed by atoms with Crippen LogP contribution in [0.25, 0.3) is 0 Å². The number of morpholine rings is 1. The lowest BCUT2D eigenvalue weighted by Crippen LogP contribution is -2.66. The Morgan fingerprint density at radius 3 is 2.47 bits per heavy atom. The number of halogens is 1. The Labute approximate surface area is 200 Å². The van der Waals surface area contributed by atoms with Crippen molar-refractivity contribution >= 4 is 29.9 Å². The van der Waals surface area contributed by atoms with Crippen LogP contribution in [-0.4, -0.2) is 88.8 Å². The highest BCUT2D eigenvalue weighted by Crippen LogP contribution is 2.48. The van der Waals surface area contributed by atoms with Crippen LogP contribution in [0.4, 0.5) is 0 Å². The molecule has 0 aromatic heterocycles. The number of hydrogen-bond acceptors (Lipinski definition) is 5. The molecule has 0 amide bonds. The lowest BCUT2D eigenvalue weighted by atomic mass is 9.58.